The van der Waals surface area contributed by atoms with E-state index in [0.717, 1.165) is 28.6 Å². The number of carbonyl (C=O) groups is 2. The van der Waals surface area contributed by atoms with Gasteiger partial charge in [-0.2, -0.15) is 5.10 Å². The highest BCUT2D eigenvalue weighted by molar-refractivity contribution is 8.14. The molecule has 2 heterocycles. The van der Waals surface area contributed by atoms with Crippen LogP contribution in [-0.2, 0) is 6.54 Å². The third-order valence-corrected chi connectivity index (χ3v) is 5.62. The number of anilines is 1. The third-order valence-electron chi connectivity index (χ3n) is 4.74. The predicted octanol–water partition coefficient (Wildman–Crippen LogP) is 4.02. The molecule has 1 aliphatic rings. The van der Waals surface area contributed by atoms with Crippen LogP contribution >= 0.6 is 11.8 Å². The zero-order chi connectivity index (χ0) is 22.5. The number of nitrogens with one attached hydrogen (secondary N) is 1. The lowest BCUT2D eigenvalue weighted by atomic mass is 10.1. The first-order chi connectivity index (χ1) is 15.6. The first kappa shape index (κ1) is 21.4. The maximum atomic E-state index is 12.5. The van der Waals surface area contributed by atoms with E-state index >= 15 is 0 Å². The predicted molar refractivity (Wildman–Crippen MR) is 120 cm³/mol. The Morgan fingerprint density at radius 2 is 2.00 bits per heavy atom. The van der Waals surface area contributed by atoms with Crippen molar-refractivity contribution in [2.24, 2.45) is 5.10 Å². The summed E-state index contributed by atoms with van der Waals surface area (Å²) in [6, 6.07) is 12.7. The van der Waals surface area contributed by atoms with Gasteiger partial charge in [0.2, 0.25) is 5.76 Å². The van der Waals surface area contributed by atoms with Crippen LogP contribution in [0.3, 0.4) is 0 Å². The van der Waals surface area contributed by atoms with Crippen LogP contribution in [0.1, 0.15) is 21.7 Å². The fourth-order valence-corrected chi connectivity index (χ4v) is 3.87. The van der Waals surface area contributed by atoms with Crippen LogP contribution in [0.15, 0.2) is 64.6 Å². The van der Waals surface area contributed by atoms with Gasteiger partial charge in [-0.3, -0.25) is 9.59 Å². The van der Waals surface area contributed by atoms with Gasteiger partial charge in [0.25, 0.3) is 5.91 Å². The summed E-state index contributed by atoms with van der Waals surface area (Å²) in [5.74, 6) is 1.31. The lowest BCUT2D eigenvalue weighted by Crippen LogP contribution is -2.30. The molecule has 0 saturated carbocycles. The number of ether oxygens (including phenoxy) is 2. The molecule has 1 aliphatic heterocycles. The molecule has 9 nitrogen and oxygen atoms in total. The summed E-state index contributed by atoms with van der Waals surface area (Å²) >= 11 is 1.16. The van der Waals surface area contributed by atoms with Gasteiger partial charge in [-0.15, -0.1) is 0 Å². The number of benzene rings is 2. The quantitative estimate of drug-likeness (QED) is 0.577. The smallest absolute Gasteiger partial charge is 0.302 e. The summed E-state index contributed by atoms with van der Waals surface area (Å²) in [5, 5.41) is 8.58. The molecule has 4 rings (SSSR count). The lowest BCUT2D eigenvalue weighted by Gasteiger charge is -2.24. The summed E-state index contributed by atoms with van der Waals surface area (Å²) in [5.41, 5.74) is 2.85. The van der Waals surface area contributed by atoms with Gasteiger partial charge in [0.15, 0.2) is 17.9 Å². The van der Waals surface area contributed by atoms with E-state index in [2.05, 4.69) is 15.4 Å². The van der Waals surface area contributed by atoms with Crippen molar-refractivity contribution >= 4 is 34.3 Å². The molecule has 32 heavy (non-hydrogen) atoms. The Kier molecular flexibility index (Phi) is 6.41. The number of carbonyl (C=O) groups excluding carboxylic acids is 2. The molecule has 0 unspecified atom stereocenters. The van der Waals surface area contributed by atoms with Gasteiger partial charge in [-0.1, -0.05) is 30.0 Å². The van der Waals surface area contributed by atoms with Crippen LogP contribution in [0.2, 0.25) is 0 Å². The largest absolute Gasteiger partial charge is 0.493 e. The minimum atomic E-state index is -0.427. The minimum Gasteiger partial charge on any atom is -0.493 e. The summed E-state index contributed by atoms with van der Waals surface area (Å²) in [6.45, 7) is 0.190. The fourth-order valence-electron chi connectivity index (χ4n) is 3.13. The second-order valence-electron chi connectivity index (χ2n) is 6.71. The maximum absolute atomic E-state index is 12.5. The molecule has 0 fully saturated rings. The van der Waals surface area contributed by atoms with E-state index in [1.807, 2.05) is 24.3 Å². The zero-order valence-corrected chi connectivity index (χ0v) is 18.2. The second kappa shape index (κ2) is 9.56. The summed E-state index contributed by atoms with van der Waals surface area (Å²) in [6.07, 6.45) is 2.53. The van der Waals surface area contributed by atoms with Gasteiger partial charge < -0.3 is 19.2 Å². The van der Waals surface area contributed by atoms with Crippen LogP contribution in [0, 0.1) is 0 Å². The first-order valence-corrected chi connectivity index (χ1v) is 10.6. The molecular weight excluding hydrogens is 432 g/mol. The monoisotopic (exact) mass is 452 g/mol. The van der Waals surface area contributed by atoms with Gasteiger partial charge in [-0.25, -0.2) is 9.99 Å². The van der Waals surface area contributed by atoms with E-state index in [-0.39, 0.29) is 17.5 Å². The van der Waals surface area contributed by atoms with Gasteiger partial charge >= 0.3 is 5.24 Å². The summed E-state index contributed by atoms with van der Waals surface area (Å²) in [7, 11) is 3.14. The van der Waals surface area contributed by atoms with Crippen LogP contribution in [-0.4, -0.2) is 46.8 Å². The van der Waals surface area contributed by atoms with Crippen molar-refractivity contribution in [2.45, 2.75) is 6.54 Å². The topological polar surface area (TPSA) is 106 Å². The molecule has 0 saturated heterocycles. The number of rotatable bonds is 7. The van der Waals surface area contributed by atoms with Gasteiger partial charge in [-0.05, 0) is 29.8 Å². The highest BCUT2D eigenvalue weighted by Crippen LogP contribution is 2.30. The highest BCUT2D eigenvalue weighted by Gasteiger charge is 2.24. The van der Waals surface area contributed by atoms with Gasteiger partial charge in [0.05, 0.1) is 32.7 Å². The Labute approximate surface area is 188 Å². The Morgan fingerprint density at radius 1 is 1.19 bits per heavy atom. The zero-order valence-electron chi connectivity index (χ0n) is 17.4. The minimum absolute atomic E-state index is 0.0955. The Bertz CT molecular complexity index is 1160. The second-order valence-corrected chi connectivity index (χ2v) is 7.63. The molecule has 10 heteroatoms. The number of methoxy groups -OCH3 is 2. The van der Waals surface area contributed by atoms with Crippen LogP contribution in [0.5, 0.6) is 11.5 Å². The van der Waals surface area contributed by atoms with Gasteiger partial charge in [0.1, 0.15) is 0 Å². The molecule has 2 aromatic carbocycles. The molecule has 0 atom stereocenters. The molecule has 0 spiro atoms. The molecule has 0 bridgehead atoms. The average molecular weight is 452 g/mol. The van der Waals surface area contributed by atoms with E-state index in [1.54, 1.807) is 32.4 Å². The van der Waals surface area contributed by atoms with Crippen molar-refractivity contribution in [1.82, 2.24) is 9.99 Å². The lowest BCUT2D eigenvalue weighted by molar-refractivity contribution is 0.0996. The highest BCUT2D eigenvalue weighted by atomic mass is 32.2. The SMILES string of the molecule is COc1ccc(C2=NN(Cc3ccccc3NC(=O)c3cnco3)C(=O)SC2)cc1OC. The van der Waals surface area contributed by atoms with Gasteiger partial charge in [0, 0.05) is 17.0 Å². The molecule has 2 amide bonds. The fraction of sp³-hybridized carbons (Fsp3) is 0.182. The van der Waals surface area contributed by atoms with Crippen molar-refractivity contribution in [3.05, 3.63) is 71.9 Å². The molecule has 0 aliphatic carbocycles. The third kappa shape index (κ3) is 4.59. The Morgan fingerprint density at radius 3 is 2.75 bits per heavy atom. The number of hydrogen-bond acceptors (Lipinski definition) is 8. The molecule has 1 aromatic heterocycles. The number of para-hydroxylation sites is 1. The van der Waals surface area contributed by atoms with Crippen LogP contribution in [0.4, 0.5) is 10.5 Å². The van der Waals surface area contributed by atoms with Crippen molar-refractivity contribution < 1.29 is 23.5 Å². The molecule has 0 radical (unpaired) electrons. The summed E-state index contributed by atoms with van der Waals surface area (Å²) in [4.78, 5) is 28.7. The normalized spacial score (nSPS) is 13.5. The number of nitrogens with zero attached hydrogens (tertiary/aromatic N) is 3. The standard InChI is InChI=1S/C22H20N4O5S/c1-29-18-8-7-14(9-19(18)30-2)17-12-32-22(28)26(25-17)11-15-5-3-4-6-16(15)24-21(27)20-10-23-13-31-20/h3-10,13H,11-12H2,1-2H3,(H,24,27). The molecule has 164 valence electrons. The number of hydrogen-bond donors (Lipinski definition) is 1. The number of amides is 2. The van der Waals surface area contributed by atoms with E-state index in [9.17, 15) is 9.59 Å². The Balaban J connectivity index is 1.58. The average Bonchev–Trinajstić information content (AvgIpc) is 3.36. The Hall–Kier alpha value is -3.79. The number of oxazole rings is 1. The number of aromatic nitrogens is 1. The molecular formula is C22H20N4O5S. The van der Waals surface area contributed by atoms with Crippen LogP contribution in [0.25, 0.3) is 0 Å². The number of thioether (sulfide) groups is 1. The van der Waals surface area contributed by atoms with E-state index in [1.165, 1.54) is 17.6 Å². The summed E-state index contributed by atoms with van der Waals surface area (Å²) < 4.78 is 15.7. The van der Waals surface area contributed by atoms with E-state index in [0.29, 0.717) is 22.9 Å². The molecule has 3 aromatic rings. The van der Waals surface area contributed by atoms with Crippen LogP contribution < -0.4 is 14.8 Å². The first-order valence-electron chi connectivity index (χ1n) is 9.61. The van der Waals surface area contributed by atoms with E-state index < -0.39 is 5.91 Å². The van der Waals surface area contributed by atoms with Crippen molar-refractivity contribution in [3.8, 4) is 11.5 Å². The van der Waals surface area contributed by atoms with Crippen molar-refractivity contribution in [2.75, 3.05) is 25.3 Å². The van der Waals surface area contributed by atoms with Crippen molar-refractivity contribution in [1.29, 1.82) is 0 Å². The maximum Gasteiger partial charge on any atom is 0.302 e. The van der Waals surface area contributed by atoms with E-state index in [4.69, 9.17) is 13.9 Å². The van der Waals surface area contributed by atoms with Crippen molar-refractivity contribution in [3.63, 3.8) is 0 Å². The molecule has 1 N–H and O–H groups in total. The number of hydrazone groups is 1.